The van der Waals surface area contributed by atoms with Gasteiger partial charge in [-0.15, -0.1) is 0 Å². The molecule has 0 spiro atoms. The summed E-state index contributed by atoms with van der Waals surface area (Å²) in [5.41, 5.74) is 2.57. The molecule has 0 saturated heterocycles. The molecule has 1 aliphatic rings. The Morgan fingerprint density at radius 2 is 2.17 bits per heavy atom. The van der Waals surface area contributed by atoms with Crippen molar-refractivity contribution in [1.29, 1.82) is 0 Å². The minimum atomic E-state index is -0.400. The van der Waals surface area contributed by atoms with E-state index in [4.69, 9.17) is 4.74 Å². The summed E-state index contributed by atoms with van der Waals surface area (Å²) >= 11 is 3.20. The molecule has 2 aromatic heterocycles. The molecule has 0 radical (unpaired) electrons. The van der Waals surface area contributed by atoms with E-state index in [9.17, 15) is 9.18 Å². The maximum absolute atomic E-state index is 13.7. The number of rotatable bonds is 2. The molecule has 4 nitrogen and oxygen atoms in total. The number of benzene rings is 1. The van der Waals surface area contributed by atoms with Gasteiger partial charge in [-0.3, -0.25) is 4.79 Å². The van der Waals surface area contributed by atoms with E-state index in [-0.39, 0.29) is 11.7 Å². The molecule has 0 bridgehead atoms. The number of hydrogen-bond acceptors (Lipinski definition) is 3. The third-order valence-electron chi connectivity index (χ3n) is 4.20. The minimum absolute atomic E-state index is 0.0314. The SMILES string of the molecule is COc1ccccc1C1CC(=O)c2nc3cc(F)c(Br)cn3c21. The number of carbonyl (C=O) groups is 1. The standard InChI is InChI=1S/C17H12BrFN2O2/c1-23-14-5-3-2-4-9(14)10-6-13(22)16-17(10)21-8-11(18)12(19)7-15(21)20-16/h2-5,7-8,10H,6H2,1H3. The summed E-state index contributed by atoms with van der Waals surface area (Å²) in [5.74, 6) is 0.147. The van der Waals surface area contributed by atoms with Crippen LogP contribution in [0.25, 0.3) is 5.65 Å². The lowest BCUT2D eigenvalue weighted by atomic mass is 9.95. The zero-order valence-corrected chi connectivity index (χ0v) is 13.8. The molecule has 0 fully saturated rings. The summed E-state index contributed by atoms with van der Waals surface area (Å²) in [6.07, 6.45) is 1.97. The molecule has 23 heavy (non-hydrogen) atoms. The van der Waals surface area contributed by atoms with Crippen LogP contribution in [0.5, 0.6) is 5.75 Å². The van der Waals surface area contributed by atoms with E-state index in [0.717, 1.165) is 17.0 Å². The summed E-state index contributed by atoms with van der Waals surface area (Å²) in [7, 11) is 1.61. The average molecular weight is 375 g/mol. The van der Waals surface area contributed by atoms with Crippen LogP contribution in [0.2, 0.25) is 0 Å². The molecule has 6 heteroatoms. The van der Waals surface area contributed by atoms with E-state index in [2.05, 4.69) is 20.9 Å². The van der Waals surface area contributed by atoms with Gasteiger partial charge in [0.05, 0.1) is 17.3 Å². The van der Waals surface area contributed by atoms with Gasteiger partial charge in [0.1, 0.15) is 22.9 Å². The molecule has 116 valence electrons. The first-order chi connectivity index (χ1) is 11.1. The van der Waals surface area contributed by atoms with E-state index in [0.29, 0.717) is 22.2 Å². The van der Waals surface area contributed by atoms with Crippen molar-refractivity contribution in [1.82, 2.24) is 9.38 Å². The first-order valence-corrected chi connectivity index (χ1v) is 7.92. The van der Waals surface area contributed by atoms with Crippen molar-refractivity contribution >= 4 is 27.4 Å². The van der Waals surface area contributed by atoms with Crippen molar-refractivity contribution in [3.05, 3.63) is 63.8 Å². The highest BCUT2D eigenvalue weighted by Gasteiger charge is 2.37. The summed E-state index contributed by atoms with van der Waals surface area (Å²) < 4.78 is 21.3. The van der Waals surface area contributed by atoms with Crippen molar-refractivity contribution in [3.8, 4) is 5.75 Å². The van der Waals surface area contributed by atoms with Crippen molar-refractivity contribution in [3.63, 3.8) is 0 Å². The van der Waals surface area contributed by atoms with Gasteiger partial charge in [0.15, 0.2) is 5.78 Å². The fraction of sp³-hybridized carbons (Fsp3) is 0.176. The maximum atomic E-state index is 13.7. The predicted molar refractivity (Wildman–Crippen MR) is 86.6 cm³/mol. The van der Waals surface area contributed by atoms with Crippen molar-refractivity contribution in [2.24, 2.45) is 0 Å². The number of aromatic nitrogens is 2. The molecule has 0 N–H and O–H groups in total. The lowest BCUT2D eigenvalue weighted by molar-refractivity contribution is 0.0987. The maximum Gasteiger partial charge on any atom is 0.184 e. The van der Waals surface area contributed by atoms with E-state index in [1.165, 1.54) is 6.07 Å². The smallest absolute Gasteiger partial charge is 0.184 e. The molecule has 0 amide bonds. The second kappa shape index (κ2) is 5.16. The number of imidazole rings is 1. The average Bonchev–Trinajstić information content (AvgIpc) is 3.06. The van der Waals surface area contributed by atoms with Crippen LogP contribution in [-0.4, -0.2) is 22.3 Å². The van der Waals surface area contributed by atoms with Gasteiger partial charge in [-0.1, -0.05) is 18.2 Å². The summed E-state index contributed by atoms with van der Waals surface area (Å²) in [4.78, 5) is 16.7. The molecule has 4 rings (SSSR count). The Bertz CT molecular complexity index is 951. The van der Waals surface area contributed by atoms with Crippen LogP contribution in [0.1, 0.15) is 34.1 Å². The number of ketones is 1. The van der Waals surface area contributed by atoms with Crippen LogP contribution in [-0.2, 0) is 0 Å². The first-order valence-electron chi connectivity index (χ1n) is 7.13. The van der Waals surface area contributed by atoms with Crippen LogP contribution >= 0.6 is 15.9 Å². The Hall–Kier alpha value is -2.21. The number of fused-ring (bicyclic) bond motifs is 3. The number of hydrogen-bond donors (Lipinski definition) is 0. The molecule has 0 aliphatic heterocycles. The largest absolute Gasteiger partial charge is 0.496 e. The van der Waals surface area contributed by atoms with Crippen LogP contribution in [0.15, 0.2) is 41.0 Å². The molecule has 1 atom stereocenters. The zero-order valence-electron chi connectivity index (χ0n) is 12.2. The number of para-hydroxylation sites is 1. The van der Waals surface area contributed by atoms with Gasteiger partial charge >= 0.3 is 0 Å². The number of carbonyl (C=O) groups excluding carboxylic acids is 1. The topological polar surface area (TPSA) is 43.6 Å². The summed E-state index contributed by atoms with van der Waals surface area (Å²) in [5, 5.41) is 0. The van der Waals surface area contributed by atoms with Gasteiger partial charge in [0.2, 0.25) is 0 Å². The van der Waals surface area contributed by atoms with Crippen LogP contribution in [0, 0.1) is 5.82 Å². The molecular formula is C17H12BrFN2O2. The molecule has 1 unspecified atom stereocenters. The van der Waals surface area contributed by atoms with E-state index < -0.39 is 5.82 Å². The fourth-order valence-electron chi connectivity index (χ4n) is 3.19. The third-order valence-corrected chi connectivity index (χ3v) is 4.78. The number of methoxy groups -OCH3 is 1. The fourth-order valence-corrected chi connectivity index (χ4v) is 3.51. The van der Waals surface area contributed by atoms with Gasteiger partial charge in [-0.25, -0.2) is 9.37 Å². The highest BCUT2D eigenvalue weighted by molar-refractivity contribution is 9.10. The number of ether oxygens (including phenoxy) is 1. The van der Waals surface area contributed by atoms with Crippen LogP contribution < -0.4 is 4.74 Å². The Balaban J connectivity index is 1.98. The first kappa shape index (κ1) is 14.4. The minimum Gasteiger partial charge on any atom is -0.496 e. The lowest BCUT2D eigenvalue weighted by Crippen LogP contribution is -2.04. The molecular weight excluding hydrogens is 363 g/mol. The second-order valence-electron chi connectivity index (χ2n) is 5.47. The van der Waals surface area contributed by atoms with Crippen LogP contribution in [0.3, 0.4) is 0 Å². The van der Waals surface area contributed by atoms with Crippen molar-refractivity contribution < 1.29 is 13.9 Å². The molecule has 1 aliphatic carbocycles. The lowest BCUT2D eigenvalue weighted by Gasteiger charge is -2.15. The number of pyridine rings is 1. The second-order valence-corrected chi connectivity index (χ2v) is 6.32. The Labute approximate surface area is 140 Å². The molecule has 0 saturated carbocycles. The van der Waals surface area contributed by atoms with Gasteiger partial charge in [-0.05, 0) is 22.0 Å². The normalized spacial score (nSPS) is 16.8. The van der Waals surface area contributed by atoms with E-state index in [1.54, 1.807) is 17.7 Å². The summed E-state index contributed by atoms with van der Waals surface area (Å²) in [6.45, 7) is 0. The molecule has 2 heterocycles. The van der Waals surface area contributed by atoms with Crippen LogP contribution in [0.4, 0.5) is 4.39 Å². The van der Waals surface area contributed by atoms with Gasteiger partial charge < -0.3 is 9.14 Å². The summed E-state index contributed by atoms with van der Waals surface area (Å²) in [6, 6.07) is 8.95. The zero-order chi connectivity index (χ0) is 16.1. The third kappa shape index (κ3) is 2.09. The van der Waals surface area contributed by atoms with E-state index in [1.807, 2.05) is 24.3 Å². The molecule has 3 aromatic rings. The highest BCUT2D eigenvalue weighted by atomic mass is 79.9. The monoisotopic (exact) mass is 374 g/mol. The Kier molecular flexibility index (Phi) is 3.23. The van der Waals surface area contributed by atoms with Crippen molar-refractivity contribution in [2.75, 3.05) is 7.11 Å². The molecule has 1 aromatic carbocycles. The Morgan fingerprint density at radius 1 is 1.39 bits per heavy atom. The quantitative estimate of drug-likeness (QED) is 0.681. The van der Waals surface area contributed by atoms with Crippen molar-refractivity contribution in [2.45, 2.75) is 12.3 Å². The van der Waals surface area contributed by atoms with Gasteiger partial charge in [0.25, 0.3) is 0 Å². The van der Waals surface area contributed by atoms with Gasteiger partial charge in [-0.2, -0.15) is 0 Å². The van der Waals surface area contributed by atoms with Gasteiger partial charge in [0, 0.05) is 30.2 Å². The highest BCUT2D eigenvalue weighted by Crippen LogP contribution is 2.42. The van der Waals surface area contributed by atoms with E-state index >= 15 is 0 Å². The number of nitrogens with zero attached hydrogens (tertiary/aromatic N) is 2. The number of halogens is 2. The number of Topliss-reactive ketones (excluding diaryl/α,β-unsaturated/α-hetero) is 1. The predicted octanol–water partition coefficient (Wildman–Crippen LogP) is 3.96. The Morgan fingerprint density at radius 3 is 2.96 bits per heavy atom.